The number of benzene rings is 2. The molecule has 1 amide bonds. The lowest BCUT2D eigenvalue weighted by Gasteiger charge is -2.16. The van der Waals surface area contributed by atoms with Crippen molar-refractivity contribution in [2.45, 2.75) is 45.8 Å². The van der Waals surface area contributed by atoms with Gasteiger partial charge in [-0.05, 0) is 41.7 Å². The fraction of sp³-hybridized carbons (Fsp3) is 0.381. The molecule has 0 aromatic heterocycles. The summed E-state index contributed by atoms with van der Waals surface area (Å²) in [6.45, 7) is 6.52. The molecule has 0 atom stereocenters. The minimum absolute atomic E-state index is 0.141. The molecule has 0 radical (unpaired) electrons. The molecule has 0 bridgehead atoms. The molecule has 0 aliphatic carbocycles. The van der Waals surface area contributed by atoms with E-state index in [1.54, 1.807) is 6.92 Å². The van der Waals surface area contributed by atoms with Gasteiger partial charge in [-0.3, -0.25) is 5.32 Å². The van der Waals surface area contributed by atoms with Crippen LogP contribution in [0.4, 0.5) is 29.3 Å². The first-order valence-electron chi connectivity index (χ1n) is 9.18. The topological polar surface area (TPSA) is 50.4 Å². The maximum absolute atomic E-state index is 13.4. The molecule has 0 aliphatic rings. The molecule has 2 aromatic carbocycles. The summed E-state index contributed by atoms with van der Waals surface area (Å²) in [5.41, 5.74) is 1.21. The molecular weight excluding hydrogens is 369 g/mol. The molecule has 28 heavy (non-hydrogen) atoms. The third-order valence-electron chi connectivity index (χ3n) is 4.14. The molecule has 0 spiro atoms. The highest BCUT2D eigenvalue weighted by molar-refractivity contribution is 5.86. The number of halogens is 3. The van der Waals surface area contributed by atoms with E-state index in [-0.39, 0.29) is 12.3 Å². The molecule has 4 nitrogen and oxygen atoms in total. The van der Waals surface area contributed by atoms with Gasteiger partial charge < -0.3 is 10.1 Å². The fourth-order valence-electron chi connectivity index (χ4n) is 2.56. The molecule has 2 N–H and O–H groups in total. The summed E-state index contributed by atoms with van der Waals surface area (Å²) < 4.78 is 45.0. The zero-order chi connectivity index (χ0) is 20.7. The Morgan fingerprint density at radius 2 is 1.79 bits per heavy atom. The van der Waals surface area contributed by atoms with Crippen LogP contribution in [-0.4, -0.2) is 12.7 Å². The monoisotopic (exact) mass is 394 g/mol. The number of carbonyl (C=O) groups is 1. The number of carbonyl (C=O) groups excluding carboxylic acids is 1. The highest BCUT2D eigenvalue weighted by atomic mass is 19.4. The van der Waals surface area contributed by atoms with E-state index in [4.69, 9.17) is 4.74 Å². The van der Waals surface area contributed by atoms with E-state index in [9.17, 15) is 18.0 Å². The van der Waals surface area contributed by atoms with Gasteiger partial charge in [0.15, 0.2) is 0 Å². The van der Waals surface area contributed by atoms with Gasteiger partial charge in [0.05, 0.1) is 17.9 Å². The Morgan fingerprint density at radius 1 is 1.11 bits per heavy atom. The van der Waals surface area contributed by atoms with Gasteiger partial charge in [-0.15, -0.1) is 0 Å². The third-order valence-corrected chi connectivity index (χ3v) is 4.14. The first kappa shape index (κ1) is 21.6. The number of nitrogens with one attached hydrogen (secondary N) is 2. The number of hydrogen-bond donors (Lipinski definition) is 2. The molecule has 0 fully saturated rings. The van der Waals surface area contributed by atoms with Crippen molar-refractivity contribution in [3.8, 4) is 0 Å². The van der Waals surface area contributed by atoms with Crippen LogP contribution in [0.25, 0.3) is 0 Å². The van der Waals surface area contributed by atoms with Crippen LogP contribution in [0.1, 0.15) is 49.8 Å². The highest BCUT2D eigenvalue weighted by Gasteiger charge is 2.34. The predicted octanol–water partition coefficient (Wildman–Crippen LogP) is 6.40. The van der Waals surface area contributed by atoms with Crippen molar-refractivity contribution in [3.63, 3.8) is 0 Å². The van der Waals surface area contributed by atoms with Crippen molar-refractivity contribution in [3.05, 3.63) is 59.2 Å². The van der Waals surface area contributed by atoms with Crippen LogP contribution in [0.15, 0.2) is 42.5 Å². The fourth-order valence-corrected chi connectivity index (χ4v) is 2.56. The zero-order valence-electron chi connectivity index (χ0n) is 16.2. The number of ether oxygens (including phenoxy) is 1. The number of hydrogen-bond acceptors (Lipinski definition) is 3. The molecule has 2 aromatic rings. The van der Waals surface area contributed by atoms with Gasteiger partial charge in [0, 0.05) is 12.2 Å². The molecule has 0 aliphatic heterocycles. The molecule has 0 saturated carbocycles. The standard InChI is InChI=1S/C21H25F3N2O2/c1-4-11-28-20(27)26-19-10-9-17(12-18(19)21(22,23)24)25-13-15-5-7-16(8-6-15)14(2)3/h5-10,12,14,25H,4,11,13H2,1-3H3,(H,26,27). The van der Waals surface area contributed by atoms with Crippen molar-refractivity contribution in [1.82, 2.24) is 0 Å². The molecule has 0 saturated heterocycles. The molecule has 2 rings (SSSR count). The Labute approximate surface area is 163 Å². The average Bonchev–Trinajstić information content (AvgIpc) is 2.65. The summed E-state index contributed by atoms with van der Waals surface area (Å²) in [5, 5.41) is 5.15. The number of alkyl halides is 3. The quantitative estimate of drug-likeness (QED) is 0.571. The minimum Gasteiger partial charge on any atom is -0.449 e. The van der Waals surface area contributed by atoms with Crippen LogP contribution in [0.2, 0.25) is 0 Å². The summed E-state index contributed by atoms with van der Waals surface area (Å²) in [4.78, 5) is 11.6. The normalized spacial score (nSPS) is 11.4. The first-order chi connectivity index (χ1) is 13.2. The van der Waals surface area contributed by atoms with Gasteiger partial charge in [0.1, 0.15) is 0 Å². The van der Waals surface area contributed by atoms with E-state index in [1.165, 1.54) is 17.7 Å². The molecular formula is C21H25F3N2O2. The Hall–Kier alpha value is -2.70. The Bertz CT molecular complexity index is 787. The van der Waals surface area contributed by atoms with E-state index in [0.29, 0.717) is 24.6 Å². The smallest absolute Gasteiger partial charge is 0.418 e. The number of amides is 1. The van der Waals surface area contributed by atoms with Crippen molar-refractivity contribution >= 4 is 17.5 Å². The maximum atomic E-state index is 13.4. The third kappa shape index (κ3) is 6.18. The predicted molar refractivity (Wildman–Crippen MR) is 105 cm³/mol. The Morgan fingerprint density at radius 3 is 2.36 bits per heavy atom. The van der Waals surface area contributed by atoms with E-state index >= 15 is 0 Å². The summed E-state index contributed by atoms with van der Waals surface area (Å²) in [7, 11) is 0. The van der Waals surface area contributed by atoms with Crippen molar-refractivity contribution in [2.24, 2.45) is 0 Å². The number of rotatable bonds is 7. The van der Waals surface area contributed by atoms with Crippen LogP contribution >= 0.6 is 0 Å². The largest absolute Gasteiger partial charge is 0.449 e. The summed E-state index contributed by atoms with van der Waals surface area (Å²) in [6.07, 6.45) is -4.93. The van der Waals surface area contributed by atoms with Crippen LogP contribution in [0.3, 0.4) is 0 Å². The number of anilines is 2. The van der Waals surface area contributed by atoms with Gasteiger partial charge in [-0.25, -0.2) is 4.79 Å². The summed E-state index contributed by atoms with van der Waals surface area (Å²) in [6, 6.07) is 11.6. The van der Waals surface area contributed by atoms with Crippen LogP contribution < -0.4 is 10.6 Å². The molecule has 0 heterocycles. The van der Waals surface area contributed by atoms with E-state index < -0.39 is 17.8 Å². The zero-order valence-corrected chi connectivity index (χ0v) is 16.2. The lowest BCUT2D eigenvalue weighted by Crippen LogP contribution is -2.18. The lowest BCUT2D eigenvalue weighted by atomic mass is 10.0. The average molecular weight is 394 g/mol. The van der Waals surface area contributed by atoms with Gasteiger partial charge in [-0.2, -0.15) is 13.2 Å². The van der Waals surface area contributed by atoms with Gasteiger partial charge in [0.25, 0.3) is 0 Å². The Balaban J connectivity index is 2.11. The second-order valence-electron chi connectivity index (χ2n) is 6.77. The van der Waals surface area contributed by atoms with Crippen LogP contribution in [-0.2, 0) is 17.5 Å². The summed E-state index contributed by atoms with van der Waals surface area (Å²) >= 11 is 0. The van der Waals surface area contributed by atoms with E-state index in [1.807, 2.05) is 24.3 Å². The van der Waals surface area contributed by atoms with Gasteiger partial charge in [-0.1, -0.05) is 45.0 Å². The SMILES string of the molecule is CCCOC(=O)Nc1ccc(NCc2ccc(C(C)C)cc2)cc1C(F)(F)F. The molecule has 152 valence electrons. The van der Waals surface area contributed by atoms with E-state index in [0.717, 1.165) is 11.6 Å². The maximum Gasteiger partial charge on any atom is 0.418 e. The molecule has 7 heteroatoms. The lowest BCUT2D eigenvalue weighted by molar-refractivity contribution is -0.136. The van der Waals surface area contributed by atoms with Gasteiger partial charge >= 0.3 is 12.3 Å². The first-order valence-corrected chi connectivity index (χ1v) is 9.18. The summed E-state index contributed by atoms with van der Waals surface area (Å²) in [5.74, 6) is 0.417. The van der Waals surface area contributed by atoms with Crippen LogP contribution in [0, 0.1) is 0 Å². The van der Waals surface area contributed by atoms with Crippen LogP contribution in [0.5, 0.6) is 0 Å². The van der Waals surface area contributed by atoms with Crippen molar-refractivity contribution in [1.29, 1.82) is 0 Å². The Kier molecular flexibility index (Phi) is 7.31. The minimum atomic E-state index is -4.61. The highest BCUT2D eigenvalue weighted by Crippen LogP contribution is 2.36. The van der Waals surface area contributed by atoms with Crippen molar-refractivity contribution in [2.75, 3.05) is 17.2 Å². The second kappa shape index (κ2) is 9.48. The van der Waals surface area contributed by atoms with Gasteiger partial charge in [0.2, 0.25) is 0 Å². The molecule has 0 unspecified atom stereocenters. The van der Waals surface area contributed by atoms with E-state index in [2.05, 4.69) is 24.5 Å². The second-order valence-corrected chi connectivity index (χ2v) is 6.77. The van der Waals surface area contributed by atoms with Crippen molar-refractivity contribution < 1.29 is 22.7 Å².